The minimum atomic E-state index is -3.81. The molecule has 3 rings (SSSR count). The van der Waals surface area contributed by atoms with Gasteiger partial charge in [0.2, 0.25) is 9.84 Å². The minimum absolute atomic E-state index is 0.0636. The first-order chi connectivity index (χ1) is 13.0. The molecular formula is C17H20FN3O6S. The van der Waals surface area contributed by atoms with Crippen LogP contribution in [0.5, 0.6) is 0 Å². The van der Waals surface area contributed by atoms with Crippen LogP contribution in [0.1, 0.15) is 32.9 Å². The summed E-state index contributed by atoms with van der Waals surface area (Å²) in [5.41, 5.74) is -0.641. The van der Waals surface area contributed by atoms with Gasteiger partial charge in [0, 0.05) is 24.9 Å². The number of rotatable bonds is 4. The lowest BCUT2D eigenvalue weighted by molar-refractivity contribution is 0.0123. The molecule has 11 heteroatoms. The van der Waals surface area contributed by atoms with Crippen molar-refractivity contribution in [2.45, 2.75) is 38.5 Å². The number of fused-ring (bicyclic) bond motifs is 1. The van der Waals surface area contributed by atoms with E-state index >= 15 is 0 Å². The van der Waals surface area contributed by atoms with Crippen molar-refractivity contribution in [3.8, 4) is 0 Å². The highest BCUT2D eigenvalue weighted by molar-refractivity contribution is 8.05. The number of ether oxygens (including phenoxy) is 1. The first kappa shape index (κ1) is 20.1. The van der Waals surface area contributed by atoms with Crippen LogP contribution >= 0.6 is 0 Å². The highest BCUT2D eigenvalue weighted by Crippen LogP contribution is 2.31. The monoisotopic (exact) mass is 413 g/mol. The number of hydrogen-bond donors (Lipinski definition) is 0. The van der Waals surface area contributed by atoms with Gasteiger partial charge in [-0.25, -0.2) is 17.6 Å². The molecule has 0 aliphatic carbocycles. The SMILES string of the molecule is CCOC(=O)N(C)c1cc2c(CS(=O)(=O)C3=NOC(C)(C)C3)noc2cc1F. The zero-order valence-electron chi connectivity index (χ0n) is 15.9. The van der Waals surface area contributed by atoms with Gasteiger partial charge in [0.25, 0.3) is 0 Å². The number of aromatic nitrogens is 1. The van der Waals surface area contributed by atoms with Crippen molar-refractivity contribution in [3.63, 3.8) is 0 Å². The Morgan fingerprint density at radius 1 is 1.39 bits per heavy atom. The molecule has 1 aromatic heterocycles. The zero-order valence-corrected chi connectivity index (χ0v) is 16.7. The van der Waals surface area contributed by atoms with Gasteiger partial charge in [0.05, 0.1) is 12.3 Å². The average molecular weight is 413 g/mol. The van der Waals surface area contributed by atoms with Gasteiger partial charge in [-0.15, -0.1) is 0 Å². The van der Waals surface area contributed by atoms with Gasteiger partial charge >= 0.3 is 6.09 Å². The van der Waals surface area contributed by atoms with Crippen LogP contribution in [0.3, 0.4) is 0 Å². The third kappa shape index (κ3) is 3.79. The molecule has 0 radical (unpaired) electrons. The first-order valence-corrected chi connectivity index (χ1v) is 10.2. The van der Waals surface area contributed by atoms with E-state index in [1.54, 1.807) is 20.8 Å². The van der Waals surface area contributed by atoms with E-state index in [-0.39, 0.29) is 40.4 Å². The number of carbonyl (C=O) groups excluding carboxylic acids is 1. The predicted octanol–water partition coefficient (Wildman–Crippen LogP) is 2.99. The molecule has 28 heavy (non-hydrogen) atoms. The second-order valence-electron chi connectivity index (χ2n) is 6.96. The summed E-state index contributed by atoms with van der Waals surface area (Å²) in [6.45, 7) is 5.21. The number of oxime groups is 1. The summed E-state index contributed by atoms with van der Waals surface area (Å²) in [6, 6.07) is 2.35. The first-order valence-electron chi connectivity index (χ1n) is 8.50. The number of amides is 1. The number of anilines is 1. The van der Waals surface area contributed by atoms with Crippen molar-refractivity contribution >= 4 is 37.6 Å². The van der Waals surface area contributed by atoms with Gasteiger partial charge in [-0.3, -0.25) is 4.90 Å². The minimum Gasteiger partial charge on any atom is -0.449 e. The molecule has 2 aromatic rings. The summed E-state index contributed by atoms with van der Waals surface area (Å²) >= 11 is 0. The number of benzene rings is 1. The highest BCUT2D eigenvalue weighted by atomic mass is 32.2. The van der Waals surface area contributed by atoms with Crippen molar-refractivity contribution in [1.29, 1.82) is 0 Å². The standard InChI is InChI=1S/C17H20FN3O6S/c1-5-25-16(22)21(4)13-6-10-12(19-26-14(10)7-11(13)18)9-28(23,24)15-8-17(2,3)27-20-15/h6-7H,5,8-9H2,1-4H3. The molecule has 0 spiro atoms. The molecule has 1 aromatic carbocycles. The van der Waals surface area contributed by atoms with E-state index < -0.39 is 33.1 Å². The van der Waals surface area contributed by atoms with E-state index in [2.05, 4.69) is 10.3 Å². The fourth-order valence-corrected chi connectivity index (χ4v) is 4.16. The van der Waals surface area contributed by atoms with Gasteiger partial charge in [0.15, 0.2) is 16.4 Å². The van der Waals surface area contributed by atoms with Crippen LogP contribution in [0.25, 0.3) is 11.0 Å². The Hall–Kier alpha value is -2.69. The van der Waals surface area contributed by atoms with Crippen LogP contribution in [0.2, 0.25) is 0 Å². The molecule has 0 atom stereocenters. The Morgan fingerprint density at radius 3 is 2.71 bits per heavy atom. The summed E-state index contributed by atoms with van der Waals surface area (Å²) in [7, 11) is -2.46. The van der Waals surface area contributed by atoms with Crippen molar-refractivity contribution in [3.05, 3.63) is 23.6 Å². The van der Waals surface area contributed by atoms with Gasteiger partial charge < -0.3 is 14.1 Å². The molecular weight excluding hydrogens is 393 g/mol. The summed E-state index contributed by atoms with van der Waals surface area (Å²) in [5.74, 6) is -1.23. The Balaban J connectivity index is 1.95. The molecule has 1 amide bonds. The quantitative estimate of drug-likeness (QED) is 0.757. The summed E-state index contributed by atoms with van der Waals surface area (Å²) in [6.07, 6.45) is -0.609. The number of hydrogen-bond acceptors (Lipinski definition) is 8. The predicted molar refractivity (Wildman–Crippen MR) is 99.2 cm³/mol. The fraction of sp³-hybridized carbons (Fsp3) is 0.471. The lowest BCUT2D eigenvalue weighted by Crippen LogP contribution is -2.27. The van der Waals surface area contributed by atoms with E-state index in [1.807, 2.05) is 0 Å². The maximum Gasteiger partial charge on any atom is 0.414 e. The summed E-state index contributed by atoms with van der Waals surface area (Å²) < 4.78 is 49.6. The van der Waals surface area contributed by atoms with Crippen molar-refractivity contribution in [2.75, 3.05) is 18.6 Å². The molecule has 1 aliphatic heterocycles. The number of nitrogens with zero attached hydrogens (tertiary/aromatic N) is 3. The Morgan fingerprint density at radius 2 is 2.11 bits per heavy atom. The number of carbonyl (C=O) groups is 1. The molecule has 0 saturated heterocycles. The molecule has 0 bridgehead atoms. The molecule has 2 heterocycles. The van der Waals surface area contributed by atoms with E-state index in [0.717, 1.165) is 11.0 Å². The Labute approximate surface area is 161 Å². The fourth-order valence-electron chi connectivity index (χ4n) is 2.71. The third-order valence-corrected chi connectivity index (χ3v) is 5.76. The molecule has 152 valence electrons. The van der Waals surface area contributed by atoms with Crippen LogP contribution in [0.15, 0.2) is 21.8 Å². The van der Waals surface area contributed by atoms with Gasteiger partial charge in [-0.2, -0.15) is 0 Å². The van der Waals surface area contributed by atoms with Crippen LogP contribution < -0.4 is 4.90 Å². The van der Waals surface area contributed by atoms with E-state index in [4.69, 9.17) is 14.1 Å². The lowest BCUT2D eigenvalue weighted by Gasteiger charge is -2.17. The third-order valence-electron chi connectivity index (χ3n) is 4.17. The Bertz CT molecular complexity index is 1060. The van der Waals surface area contributed by atoms with Gasteiger partial charge in [-0.1, -0.05) is 10.3 Å². The number of halogens is 1. The molecule has 0 unspecified atom stereocenters. The highest BCUT2D eigenvalue weighted by Gasteiger charge is 2.36. The van der Waals surface area contributed by atoms with E-state index in [1.165, 1.54) is 13.1 Å². The molecule has 1 aliphatic rings. The average Bonchev–Trinajstić information content (AvgIpc) is 3.16. The maximum atomic E-state index is 14.4. The van der Waals surface area contributed by atoms with E-state index in [0.29, 0.717) is 0 Å². The summed E-state index contributed by atoms with van der Waals surface area (Å²) in [4.78, 5) is 18.0. The van der Waals surface area contributed by atoms with E-state index in [9.17, 15) is 17.6 Å². The smallest absolute Gasteiger partial charge is 0.414 e. The number of sulfone groups is 1. The second-order valence-corrected chi connectivity index (χ2v) is 8.95. The molecule has 0 saturated carbocycles. The van der Waals surface area contributed by atoms with Gasteiger partial charge in [-0.05, 0) is 26.8 Å². The van der Waals surface area contributed by atoms with Crippen LogP contribution in [0, 0.1) is 5.82 Å². The summed E-state index contributed by atoms with van der Waals surface area (Å²) in [5, 5.41) is 7.61. The van der Waals surface area contributed by atoms with Crippen LogP contribution in [-0.4, -0.2) is 44.0 Å². The van der Waals surface area contributed by atoms with Crippen LogP contribution in [-0.2, 0) is 25.2 Å². The molecule has 0 N–H and O–H groups in total. The van der Waals surface area contributed by atoms with Crippen LogP contribution in [0.4, 0.5) is 14.9 Å². The van der Waals surface area contributed by atoms with Crippen molar-refractivity contribution in [1.82, 2.24) is 5.16 Å². The van der Waals surface area contributed by atoms with Crippen molar-refractivity contribution < 1.29 is 31.7 Å². The topological polar surface area (TPSA) is 111 Å². The lowest BCUT2D eigenvalue weighted by atomic mass is 10.1. The normalized spacial score (nSPS) is 16.0. The Kier molecular flexibility index (Phi) is 5.04. The zero-order chi connectivity index (χ0) is 20.7. The second kappa shape index (κ2) is 7.04. The largest absolute Gasteiger partial charge is 0.449 e. The molecule has 9 nitrogen and oxygen atoms in total. The molecule has 0 fully saturated rings. The van der Waals surface area contributed by atoms with Gasteiger partial charge in [0.1, 0.15) is 17.0 Å². The maximum absolute atomic E-state index is 14.4. The van der Waals surface area contributed by atoms with Crippen molar-refractivity contribution in [2.24, 2.45) is 5.16 Å².